The van der Waals surface area contributed by atoms with Crippen molar-refractivity contribution in [1.82, 2.24) is 14.9 Å². The Balaban J connectivity index is 1.66. The van der Waals surface area contributed by atoms with Crippen LogP contribution >= 0.6 is 0 Å². The molecule has 5 nitrogen and oxygen atoms in total. The molecule has 1 amide bonds. The van der Waals surface area contributed by atoms with Gasteiger partial charge in [-0.3, -0.25) is 9.59 Å². The minimum atomic E-state index is -0.536. The van der Waals surface area contributed by atoms with Crippen LogP contribution in [0.4, 0.5) is 8.78 Å². The Kier molecular flexibility index (Phi) is 6.21. The summed E-state index contributed by atoms with van der Waals surface area (Å²) in [7, 11) is 0. The fourth-order valence-electron chi connectivity index (χ4n) is 3.63. The number of carbonyl (C=O) groups excluding carboxylic acids is 1. The van der Waals surface area contributed by atoms with E-state index < -0.39 is 17.2 Å². The minimum absolute atomic E-state index is 0.0326. The second kappa shape index (κ2) is 8.63. The predicted octanol–water partition coefficient (Wildman–Crippen LogP) is 3.66. The maximum atomic E-state index is 13.8. The first-order chi connectivity index (χ1) is 13.4. The van der Waals surface area contributed by atoms with Gasteiger partial charge in [0.25, 0.3) is 11.5 Å². The molecule has 3 rings (SSSR count). The number of hydrogen-bond donors (Lipinski definition) is 1. The Morgan fingerprint density at radius 2 is 2.04 bits per heavy atom. The second-order valence-electron chi connectivity index (χ2n) is 7.66. The van der Waals surface area contributed by atoms with Gasteiger partial charge in [-0.1, -0.05) is 19.9 Å². The molecule has 1 aromatic heterocycles. The third-order valence-electron chi connectivity index (χ3n) is 5.27. The summed E-state index contributed by atoms with van der Waals surface area (Å²) >= 11 is 0. The molecular formula is C21H25F2N3O2. The number of nitrogens with zero attached hydrogens (tertiary/aromatic N) is 2. The summed E-state index contributed by atoms with van der Waals surface area (Å²) in [6.45, 7) is 4.86. The van der Waals surface area contributed by atoms with Crippen molar-refractivity contribution in [3.63, 3.8) is 0 Å². The van der Waals surface area contributed by atoms with E-state index in [1.165, 1.54) is 24.4 Å². The van der Waals surface area contributed by atoms with Gasteiger partial charge in [0.2, 0.25) is 0 Å². The SMILES string of the molecule is CC(C)c1ncc(C(=O)N2CCC[C@@H](CCc3c(F)cccc3F)C2)c(=O)[nH]1. The summed E-state index contributed by atoms with van der Waals surface area (Å²) in [5, 5.41) is 0. The van der Waals surface area contributed by atoms with Crippen molar-refractivity contribution < 1.29 is 13.6 Å². The maximum absolute atomic E-state index is 13.8. The molecule has 2 heterocycles. The number of aromatic amines is 1. The van der Waals surface area contributed by atoms with E-state index in [1.807, 2.05) is 13.8 Å². The van der Waals surface area contributed by atoms with Crippen LogP contribution in [0.15, 0.2) is 29.2 Å². The van der Waals surface area contributed by atoms with Gasteiger partial charge < -0.3 is 9.88 Å². The molecule has 0 aliphatic carbocycles. The van der Waals surface area contributed by atoms with Crippen LogP contribution in [0, 0.1) is 17.6 Å². The highest BCUT2D eigenvalue weighted by molar-refractivity contribution is 5.93. The van der Waals surface area contributed by atoms with Gasteiger partial charge in [0.1, 0.15) is 23.0 Å². The molecular weight excluding hydrogens is 364 g/mol. The molecule has 1 aliphatic heterocycles. The van der Waals surface area contributed by atoms with Gasteiger partial charge in [-0.15, -0.1) is 0 Å². The highest BCUT2D eigenvalue weighted by atomic mass is 19.1. The third-order valence-corrected chi connectivity index (χ3v) is 5.27. The molecule has 1 aromatic carbocycles. The van der Waals surface area contributed by atoms with Crippen LogP contribution in [0.3, 0.4) is 0 Å². The lowest BCUT2D eigenvalue weighted by Gasteiger charge is -2.32. The molecule has 1 aliphatic rings. The second-order valence-corrected chi connectivity index (χ2v) is 7.66. The fourth-order valence-corrected chi connectivity index (χ4v) is 3.63. The van der Waals surface area contributed by atoms with E-state index in [-0.39, 0.29) is 35.3 Å². The summed E-state index contributed by atoms with van der Waals surface area (Å²) in [6, 6.07) is 3.87. The number of rotatable bonds is 5. The molecule has 0 bridgehead atoms. The van der Waals surface area contributed by atoms with E-state index in [2.05, 4.69) is 9.97 Å². The van der Waals surface area contributed by atoms with Crippen molar-refractivity contribution in [3.05, 3.63) is 63.3 Å². The first-order valence-corrected chi connectivity index (χ1v) is 9.68. The van der Waals surface area contributed by atoms with Crippen LogP contribution in [-0.4, -0.2) is 33.9 Å². The number of H-pyrrole nitrogens is 1. The maximum Gasteiger partial charge on any atom is 0.263 e. The molecule has 0 saturated carbocycles. The van der Waals surface area contributed by atoms with Crippen LogP contribution in [0.25, 0.3) is 0 Å². The van der Waals surface area contributed by atoms with Gasteiger partial charge >= 0.3 is 0 Å². The van der Waals surface area contributed by atoms with Crippen LogP contribution in [-0.2, 0) is 6.42 Å². The van der Waals surface area contributed by atoms with Crippen LogP contribution < -0.4 is 5.56 Å². The monoisotopic (exact) mass is 389 g/mol. The molecule has 1 fully saturated rings. The standard InChI is InChI=1S/C21H25F2N3O2/c1-13(2)19-24-11-16(20(27)25-19)21(28)26-10-4-5-14(12-26)8-9-15-17(22)6-3-7-18(15)23/h3,6-7,11,13-14H,4-5,8-10,12H2,1-2H3,(H,24,25,27)/t14-/m0/s1. The largest absolute Gasteiger partial charge is 0.338 e. The van der Waals surface area contributed by atoms with Crippen molar-refractivity contribution in [2.24, 2.45) is 5.92 Å². The number of aromatic nitrogens is 2. The molecule has 2 aromatic rings. The van der Waals surface area contributed by atoms with Gasteiger partial charge in [-0.2, -0.15) is 0 Å². The number of nitrogens with one attached hydrogen (secondary N) is 1. The number of likely N-dealkylation sites (tertiary alicyclic amines) is 1. The van der Waals surface area contributed by atoms with E-state index in [0.717, 1.165) is 12.8 Å². The zero-order chi connectivity index (χ0) is 20.3. The zero-order valence-corrected chi connectivity index (χ0v) is 16.2. The molecule has 1 N–H and O–H groups in total. The van der Waals surface area contributed by atoms with Crippen LogP contribution in [0.1, 0.15) is 60.8 Å². The number of benzene rings is 1. The summed E-state index contributed by atoms with van der Waals surface area (Å²) in [5.41, 5.74) is -0.305. The van der Waals surface area contributed by atoms with E-state index in [4.69, 9.17) is 0 Å². The van der Waals surface area contributed by atoms with Gasteiger partial charge in [-0.25, -0.2) is 13.8 Å². The average molecular weight is 389 g/mol. The van der Waals surface area contributed by atoms with Crippen molar-refractivity contribution >= 4 is 5.91 Å². The summed E-state index contributed by atoms with van der Waals surface area (Å²) in [4.78, 5) is 33.5. The first kappa shape index (κ1) is 20.2. The van der Waals surface area contributed by atoms with Crippen LogP contribution in [0.5, 0.6) is 0 Å². The predicted molar refractivity (Wildman–Crippen MR) is 102 cm³/mol. The first-order valence-electron chi connectivity index (χ1n) is 9.68. The number of amides is 1. The fraction of sp³-hybridized carbons (Fsp3) is 0.476. The molecule has 150 valence electrons. The van der Waals surface area contributed by atoms with E-state index >= 15 is 0 Å². The van der Waals surface area contributed by atoms with Crippen LogP contribution in [0.2, 0.25) is 0 Å². The molecule has 7 heteroatoms. The number of piperidine rings is 1. The normalized spacial score (nSPS) is 17.2. The third kappa shape index (κ3) is 4.46. The van der Waals surface area contributed by atoms with Gasteiger partial charge in [0.15, 0.2) is 0 Å². The number of carbonyl (C=O) groups is 1. The van der Waals surface area contributed by atoms with Crippen molar-refractivity contribution in [2.75, 3.05) is 13.1 Å². The van der Waals surface area contributed by atoms with Crippen molar-refractivity contribution in [3.8, 4) is 0 Å². The Morgan fingerprint density at radius 3 is 2.68 bits per heavy atom. The van der Waals surface area contributed by atoms with E-state index in [0.29, 0.717) is 25.3 Å². The van der Waals surface area contributed by atoms with Gasteiger partial charge in [-0.05, 0) is 43.7 Å². The minimum Gasteiger partial charge on any atom is -0.338 e. The van der Waals surface area contributed by atoms with Gasteiger partial charge in [0, 0.05) is 30.8 Å². The quantitative estimate of drug-likeness (QED) is 0.849. The molecule has 0 radical (unpaired) electrons. The lowest BCUT2D eigenvalue weighted by Crippen LogP contribution is -2.42. The zero-order valence-electron chi connectivity index (χ0n) is 16.2. The Labute approximate surface area is 162 Å². The van der Waals surface area contributed by atoms with E-state index in [1.54, 1.807) is 4.90 Å². The molecule has 1 saturated heterocycles. The highest BCUT2D eigenvalue weighted by Gasteiger charge is 2.26. The summed E-state index contributed by atoms with van der Waals surface area (Å²) < 4.78 is 27.6. The Morgan fingerprint density at radius 1 is 1.32 bits per heavy atom. The number of hydrogen-bond acceptors (Lipinski definition) is 3. The average Bonchev–Trinajstić information content (AvgIpc) is 2.67. The van der Waals surface area contributed by atoms with Gasteiger partial charge in [0.05, 0.1) is 0 Å². The molecule has 28 heavy (non-hydrogen) atoms. The molecule has 0 unspecified atom stereocenters. The van der Waals surface area contributed by atoms with Crippen molar-refractivity contribution in [1.29, 1.82) is 0 Å². The summed E-state index contributed by atoms with van der Waals surface area (Å²) in [6.07, 6.45) is 3.90. The van der Waals surface area contributed by atoms with E-state index in [9.17, 15) is 18.4 Å². The lowest BCUT2D eigenvalue weighted by atomic mass is 9.91. The smallest absolute Gasteiger partial charge is 0.263 e. The Hall–Kier alpha value is -2.57. The highest BCUT2D eigenvalue weighted by Crippen LogP contribution is 2.24. The number of halogens is 2. The lowest BCUT2D eigenvalue weighted by molar-refractivity contribution is 0.0665. The Bertz CT molecular complexity index is 891. The topological polar surface area (TPSA) is 66.1 Å². The molecule has 1 atom stereocenters. The molecule has 0 spiro atoms. The summed E-state index contributed by atoms with van der Waals surface area (Å²) in [5.74, 6) is -0.664. The van der Waals surface area contributed by atoms with Crippen molar-refractivity contribution in [2.45, 2.75) is 45.4 Å².